The van der Waals surface area contributed by atoms with E-state index in [9.17, 15) is 19.8 Å². The first-order valence-corrected chi connectivity index (χ1v) is 18.2. The Morgan fingerprint density at radius 1 is 1.06 bits per heavy atom. The molecule has 3 aromatic carbocycles. The fraction of sp³-hybridized carbons (Fsp3) is 0.425. The topological polar surface area (TPSA) is 134 Å². The van der Waals surface area contributed by atoms with Crippen molar-refractivity contribution < 1.29 is 33.8 Å². The maximum absolute atomic E-state index is 12.7. The average molecular weight is 753 g/mol. The minimum absolute atomic E-state index is 0.119. The largest absolute Gasteiger partial charge is 0.490 e. The minimum Gasteiger partial charge on any atom is -0.490 e. The Bertz CT molecular complexity index is 1850. The first kappa shape index (κ1) is 39.0. The number of carboxylic acid groups (broad SMARTS) is 1. The lowest BCUT2D eigenvalue weighted by molar-refractivity contribution is -0.118. The molecule has 1 aliphatic rings. The normalized spacial score (nSPS) is 18.2. The third-order valence-corrected chi connectivity index (χ3v) is 10.1. The van der Waals surface area contributed by atoms with Gasteiger partial charge in [-0.25, -0.2) is 4.79 Å². The Balaban J connectivity index is 1.47. The van der Waals surface area contributed by atoms with Crippen molar-refractivity contribution in [3.05, 3.63) is 98.7 Å². The van der Waals surface area contributed by atoms with Crippen LogP contribution in [0.3, 0.4) is 0 Å². The summed E-state index contributed by atoms with van der Waals surface area (Å²) in [5, 5.41) is 30.1. The molecule has 0 saturated carbocycles. The number of likely N-dealkylation sites (tertiary alicyclic amines) is 1. The van der Waals surface area contributed by atoms with Gasteiger partial charge in [-0.3, -0.25) is 4.79 Å². The highest BCUT2D eigenvalue weighted by Crippen LogP contribution is 2.51. The van der Waals surface area contributed by atoms with Crippen molar-refractivity contribution >= 4 is 35.2 Å². The van der Waals surface area contributed by atoms with Crippen LogP contribution in [0.5, 0.6) is 11.5 Å². The lowest BCUT2D eigenvalue weighted by atomic mass is 9.65. The quantitative estimate of drug-likeness (QED) is 0.122. The molecule has 4 aromatic rings. The van der Waals surface area contributed by atoms with E-state index in [0.29, 0.717) is 64.5 Å². The number of aliphatic hydroxyl groups excluding tert-OH is 1. The number of hydrogen-bond donors (Lipinski definition) is 3. The summed E-state index contributed by atoms with van der Waals surface area (Å²) in [4.78, 5) is 25.8. The van der Waals surface area contributed by atoms with Crippen molar-refractivity contribution in [2.75, 3.05) is 26.3 Å². The van der Waals surface area contributed by atoms with Crippen molar-refractivity contribution in [1.82, 2.24) is 15.4 Å². The molecule has 1 fully saturated rings. The number of benzene rings is 3. The smallest absolute Gasteiger partial charge is 0.407 e. The molecular formula is C40H47Cl2N3O7. The molecule has 2 amide bonds. The van der Waals surface area contributed by atoms with Crippen LogP contribution in [0.25, 0.3) is 11.3 Å². The zero-order valence-corrected chi connectivity index (χ0v) is 31.9. The second-order valence-corrected chi connectivity index (χ2v) is 15.2. The van der Waals surface area contributed by atoms with Gasteiger partial charge < -0.3 is 34.4 Å². The minimum atomic E-state index is -1.01. The summed E-state index contributed by atoms with van der Waals surface area (Å²) in [6, 6.07) is 18.5. The highest BCUT2D eigenvalue weighted by atomic mass is 35.5. The molecule has 1 aliphatic heterocycles. The molecule has 52 heavy (non-hydrogen) atoms. The number of aliphatic hydroxyl groups is 1. The highest BCUT2D eigenvalue weighted by molar-refractivity contribution is 6.37. The summed E-state index contributed by atoms with van der Waals surface area (Å²) in [7, 11) is 0. The van der Waals surface area contributed by atoms with E-state index in [1.165, 1.54) is 11.8 Å². The highest BCUT2D eigenvalue weighted by Gasteiger charge is 2.49. The second-order valence-electron chi connectivity index (χ2n) is 14.4. The van der Waals surface area contributed by atoms with E-state index in [1.807, 2.05) is 76.2 Å². The average Bonchev–Trinajstić information content (AvgIpc) is 3.52. The molecule has 3 N–H and O–H groups in total. The molecule has 0 bridgehead atoms. The Hall–Kier alpha value is -4.25. The summed E-state index contributed by atoms with van der Waals surface area (Å²) < 4.78 is 17.9. The van der Waals surface area contributed by atoms with Gasteiger partial charge in [-0.2, -0.15) is 0 Å². The molecule has 0 aliphatic carbocycles. The number of carbonyl (C=O) groups is 2. The van der Waals surface area contributed by atoms with Crippen LogP contribution in [0.2, 0.25) is 10.0 Å². The molecule has 1 aromatic heterocycles. The zero-order valence-electron chi connectivity index (χ0n) is 30.4. The molecule has 1 saturated heterocycles. The maximum atomic E-state index is 12.7. The first-order chi connectivity index (χ1) is 24.7. The number of nitrogens with one attached hydrogen (secondary N) is 1. The van der Waals surface area contributed by atoms with Gasteiger partial charge in [0, 0.05) is 37.5 Å². The van der Waals surface area contributed by atoms with Crippen LogP contribution in [-0.2, 0) is 11.2 Å². The van der Waals surface area contributed by atoms with E-state index in [-0.39, 0.29) is 25.0 Å². The fourth-order valence-corrected chi connectivity index (χ4v) is 8.07. The van der Waals surface area contributed by atoms with E-state index >= 15 is 0 Å². The van der Waals surface area contributed by atoms with E-state index < -0.39 is 29.6 Å². The number of piperidine rings is 1. The van der Waals surface area contributed by atoms with Gasteiger partial charge in [0.1, 0.15) is 19.0 Å². The van der Waals surface area contributed by atoms with Crippen LogP contribution in [0.15, 0.2) is 65.2 Å². The van der Waals surface area contributed by atoms with Gasteiger partial charge in [-0.05, 0) is 79.0 Å². The van der Waals surface area contributed by atoms with E-state index in [1.54, 1.807) is 19.1 Å². The predicted octanol–water partition coefficient (Wildman–Crippen LogP) is 8.81. The molecule has 0 spiro atoms. The zero-order chi connectivity index (χ0) is 37.7. The Labute approximate surface area is 315 Å². The molecule has 278 valence electrons. The number of hydrogen-bond acceptors (Lipinski definition) is 7. The Morgan fingerprint density at radius 3 is 2.33 bits per heavy atom. The predicted molar refractivity (Wildman–Crippen MR) is 202 cm³/mol. The van der Waals surface area contributed by atoms with Crippen LogP contribution in [0, 0.1) is 12.3 Å². The van der Waals surface area contributed by atoms with Crippen LogP contribution in [0.4, 0.5) is 4.79 Å². The second kappa shape index (κ2) is 16.6. The molecule has 2 unspecified atom stereocenters. The van der Waals surface area contributed by atoms with Gasteiger partial charge in [0.15, 0.2) is 11.5 Å². The third kappa shape index (κ3) is 8.85. The molecule has 10 nitrogen and oxygen atoms in total. The summed E-state index contributed by atoms with van der Waals surface area (Å²) in [6.07, 6.45) is -0.899. The summed E-state index contributed by atoms with van der Waals surface area (Å²) in [5.74, 6) is 0.759. The Kier molecular flexibility index (Phi) is 12.4. The number of carbonyl (C=O) groups excluding carboxylic acids is 1. The van der Waals surface area contributed by atoms with Crippen molar-refractivity contribution in [2.24, 2.45) is 5.41 Å². The number of aromatic nitrogens is 1. The van der Waals surface area contributed by atoms with Crippen molar-refractivity contribution in [3.63, 3.8) is 0 Å². The molecule has 2 heterocycles. The van der Waals surface area contributed by atoms with Gasteiger partial charge >= 0.3 is 6.09 Å². The van der Waals surface area contributed by atoms with Crippen molar-refractivity contribution in [1.29, 1.82) is 0 Å². The molecule has 0 radical (unpaired) electrons. The van der Waals surface area contributed by atoms with Crippen LogP contribution in [-0.4, -0.2) is 64.6 Å². The number of amides is 2. The van der Waals surface area contributed by atoms with Crippen molar-refractivity contribution in [2.45, 2.75) is 78.4 Å². The number of halogens is 2. The molecule has 4 atom stereocenters. The van der Waals surface area contributed by atoms with Crippen molar-refractivity contribution in [3.8, 4) is 22.8 Å². The number of ether oxygens (including phenoxy) is 2. The van der Waals surface area contributed by atoms with Gasteiger partial charge in [0.05, 0.1) is 27.4 Å². The molecule has 12 heteroatoms. The van der Waals surface area contributed by atoms with Gasteiger partial charge in [-0.1, -0.05) is 85.5 Å². The standard InChI is InChI=1S/C40H47Cl2N3O7/c1-23-21-31(41)37(32(42)22-23)51-20-19-50-28-13-11-27(12-14-28)29-16-18-45(39(48)49)38(40(4,5)6)34(29)35-33(24(2)46)36(52-44-35)30-10-8-7-9-26(30)15-17-43-25(3)47/h7-14,21-22,24,29,34,38,46H,15-20H2,1-6H3,(H,43,47)(H,48,49)/t24?,29-,34+,38?/m1/s1. The van der Waals surface area contributed by atoms with Crippen LogP contribution >= 0.6 is 23.2 Å². The van der Waals surface area contributed by atoms with Crippen LogP contribution in [0.1, 0.15) is 86.9 Å². The lowest BCUT2D eigenvalue weighted by Gasteiger charge is -2.50. The first-order valence-electron chi connectivity index (χ1n) is 17.5. The van der Waals surface area contributed by atoms with Gasteiger partial charge in [0.2, 0.25) is 5.91 Å². The van der Waals surface area contributed by atoms with E-state index in [4.69, 9.17) is 37.2 Å². The van der Waals surface area contributed by atoms with E-state index in [2.05, 4.69) is 10.5 Å². The van der Waals surface area contributed by atoms with Gasteiger partial charge in [0.25, 0.3) is 0 Å². The monoisotopic (exact) mass is 751 g/mol. The molecule has 5 rings (SSSR count). The number of aryl methyl sites for hydroxylation is 1. The lowest BCUT2D eigenvalue weighted by Crippen LogP contribution is -2.55. The number of rotatable bonds is 12. The molecular weight excluding hydrogens is 705 g/mol. The third-order valence-electron chi connectivity index (χ3n) is 9.49. The summed E-state index contributed by atoms with van der Waals surface area (Å²) >= 11 is 12.6. The van der Waals surface area contributed by atoms with Gasteiger partial charge in [-0.15, -0.1) is 0 Å². The fourth-order valence-electron chi connectivity index (χ4n) is 7.37. The number of nitrogens with zero attached hydrogens (tertiary/aromatic N) is 2. The summed E-state index contributed by atoms with van der Waals surface area (Å²) in [5.41, 5.74) is 4.17. The van der Waals surface area contributed by atoms with Crippen LogP contribution < -0.4 is 14.8 Å². The Morgan fingerprint density at radius 2 is 1.71 bits per heavy atom. The van der Waals surface area contributed by atoms with E-state index in [0.717, 1.165) is 22.3 Å². The SMILES string of the molecule is CC(=O)NCCc1ccccc1-c1onc([C@H]2C(C(C)(C)C)N(C(=O)O)CC[C@@H]2c2ccc(OCCOc3c(Cl)cc(C)cc3Cl)cc2)c1C(C)O. The maximum Gasteiger partial charge on any atom is 0.407 e. The summed E-state index contributed by atoms with van der Waals surface area (Å²) in [6.45, 7) is 12.4.